The van der Waals surface area contributed by atoms with Crippen molar-refractivity contribution in [3.63, 3.8) is 0 Å². The third-order valence-electron chi connectivity index (χ3n) is 1.91. The predicted molar refractivity (Wildman–Crippen MR) is 61.9 cm³/mol. The van der Waals surface area contributed by atoms with Crippen molar-refractivity contribution in [1.29, 1.82) is 0 Å². The number of halogens is 1. The van der Waals surface area contributed by atoms with E-state index in [4.69, 9.17) is 10.5 Å². The summed E-state index contributed by atoms with van der Waals surface area (Å²) in [6, 6.07) is 0.887. The maximum Gasteiger partial charge on any atom is 0.323 e. The fourth-order valence-corrected chi connectivity index (χ4v) is 1.50. The van der Waals surface area contributed by atoms with Crippen molar-refractivity contribution in [3.8, 4) is 5.75 Å². The van der Waals surface area contributed by atoms with Gasteiger partial charge in [0.2, 0.25) is 0 Å². The highest BCUT2D eigenvalue weighted by molar-refractivity contribution is 9.10. The van der Waals surface area contributed by atoms with Crippen LogP contribution in [-0.4, -0.2) is 28.7 Å². The van der Waals surface area contributed by atoms with Gasteiger partial charge in [-0.05, 0) is 28.9 Å². The average molecular weight is 289 g/mol. The summed E-state index contributed by atoms with van der Waals surface area (Å²) >= 11 is 3.16. The summed E-state index contributed by atoms with van der Waals surface area (Å²) < 4.78 is 5.30. The van der Waals surface area contributed by atoms with E-state index < -0.39 is 12.0 Å². The number of nitrogens with zero attached hydrogens (tertiary/aromatic N) is 1. The van der Waals surface area contributed by atoms with E-state index >= 15 is 0 Å². The Kier molecular flexibility index (Phi) is 4.70. The van der Waals surface area contributed by atoms with Crippen LogP contribution < -0.4 is 5.73 Å². The number of carbonyl (C=O) groups is 1. The van der Waals surface area contributed by atoms with Gasteiger partial charge in [0, 0.05) is 12.1 Å². The second kappa shape index (κ2) is 5.81. The van der Waals surface area contributed by atoms with Gasteiger partial charge in [-0.3, -0.25) is 9.78 Å². The first-order valence-corrected chi connectivity index (χ1v) is 5.59. The van der Waals surface area contributed by atoms with E-state index in [-0.39, 0.29) is 12.2 Å². The zero-order valence-corrected chi connectivity index (χ0v) is 10.4. The van der Waals surface area contributed by atoms with E-state index in [0.717, 1.165) is 0 Å². The lowest BCUT2D eigenvalue weighted by molar-refractivity contribution is -0.144. The van der Waals surface area contributed by atoms with Gasteiger partial charge in [0.15, 0.2) is 0 Å². The van der Waals surface area contributed by atoms with Crippen LogP contribution in [0, 0.1) is 0 Å². The van der Waals surface area contributed by atoms with Crippen molar-refractivity contribution < 1.29 is 14.6 Å². The number of rotatable bonds is 4. The van der Waals surface area contributed by atoms with Gasteiger partial charge in [-0.15, -0.1) is 0 Å². The number of aromatic hydroxyl groups is 1. The molecule has 1 atom stereocenters. The molecule has 0 bridgehead atoms. The van der Waals surface area contributed by atoms with Crippen molar-refractivity contribution in [2.75, 3.05) is 6.61 Å². The smallest absolute Gasteiger partial charge is 0.323 e. The van der Waals surface area contributed by atoms with Crippen LogP contribution in [0.2, 0.25) is 0 Å². The lowest BCUT2D eigenvalue weighted by Crippen LogP contribution is -2.34. The van der Waals surface area contributed by atoms with Crippen LogP contribution in [-0.2, 0) is 16.0 Å². The molecule has 3 N–H and O–H groups in total. The Hall–Kier alpha value is -1.14. The van der Waals surface area contributed by atoms with E-state index in [1.165, 1.54) is 6.20 Å². The summed E-state index contributed by atoms with van der Waals surface area (Å²) in [6.45, 7) is 2.03. The molecule has 1 unspecified atom stereocenters. The molecule has 0 spiro atoms. The van der Waals surface area contributed by atoms with E-state index in [2.05, 4.69) is 20.9 Å². The van der Waals surface area contributed by atoms with Gasteiger partial charge in [0.25, 0.3) is 0 Å². The van der Waals surface area contributed by atoms with E-state index in [0.29, 0.717) is 16.8 Å². The van der Waals surface area contributed by atoms with Gasteiger partial charge in [-0.2, -0.15) is 0 Å². The minimum atomic E-state index is -0.733. The molecular weight excluding hydrogens is 276 g/mol. The minimum absolute atomic E-state index is 0.0495. The number of pyridine rings is 1. The van der Waals surface area contributed by atoms with Crippen LogP contribution in [0.3, 0.4) is 0 Å². The van der Waals surface area contributed by atoms with Crippen molar-refractivity contribution >= 4 is 21.9 Å². The molecule has 0 saturated carbocycles. The zero-order chi connectivity index (χ0) is 12.1. The highest BCUT2D eigenvalue weighted by Crippen LogP contribution is 2.22. The molecule has 5 nitrogen and oxygen atoms in total. The third-order valence-corrected chi connectivity index (χ3v) is 2.54. The standard InChI is InChI=1S/C10H13BrN2O3/c1-2-16-10(15)8(12)4-6-3-7(11)9(14)5-13-6/h3,5,8,14H,2,4,12H2,1H3. The van der Waals surface area contributed by atoms with E-state index in [1.807, 2.05) is 0 Å². The largest absolute Gasteiger partial charge is 0.505 e. The van der Waals surface area contributed by atoms with Crippen LogP contribution in [0.15, 0.2) is 16.7 Å². The second-order valence-electron chi connectivity index (χ2n) is 3.19. The Morgan fingerprint density at radius 1 is 1.75 bits per heavy atom. The van der Waals surface area contributed by atoms with Crippen LogP contribution in [0.5, 0.6) is 5.75 Å². The summed E-state index contributed by atoms with van der Waals surface area (Å²) in [4.78, 5) is 15.2. The number of nitrogens with two attached hydrogens (primary N) is 1. The van der Waals surface area contributed by atoms with Gasteiger partial charge >= 0.3 is 5.97 Å². The van der Waals surface area contributed by atoms with Crippen molar-refractivity contribution in [3.05, 3.63) is 22.4 Å². The normalized spacial score (nSPS) is 12.2. The summed E-state index contributed by atoms with van der Waals surface area (Å²) in [7, 11) is 0. The Morgan fingerprint density at radius 2 is 2.44 bits per heavy atom. The number of hydrogen-bond donors (Lipinski definition) is 2. The number of aromatic nitrogens is 1. The molecule has 16 heavy (non-hydrogen) atoms. The molecule has 0 radical (unpaired) electrons. The molecule has 1 aromatic rings. The van der Waals surface area contributed by atoms with E-state index in [1.54, 1.807) is 13.0 Å². The fraction of sp³-hybridized carbons (Fsp3) is 0.400. The van der Waals surface area contributed by atoms with Gasteiger partial charge in [-0.25, -0.2) is 0 Å². The molecule has 0 fully saturated rings. The second-order valence-corrected chi connectivity index (χ2v) is 4.04. The molecule has 1 aromatic heterocycles. The summed E-state index contributed by atoms with van der Waals surface area (Å²) in [6.07, 6.45) is 1.58. The first-order chi connectivity index (χ1) is 7.54. The fourth-order valence-electron chi connectivity index (χ4n) is 1.13. The lowest BCUT2D eigenvalue weighted by atomic mass is 10.1. The first kappa shape index (κ1) is 12.9. The van der Waals surface area contributed by atoms with Gasteiger partial charge in [0.1, 0.15) is 11.8 Å². The molecule has 0 aliphatic rings. The molecule has 0 saturated heterocycles. The number of ether oxygens (including phenoxy) is 1. The maximum atomic E-state index is 11.3. The molecule has 1 heterocycles. The predicted octanol–water partition coefficient (Wildman–Crippen LogP) is 0.983. The van der Waals surface area contributed by atoms with Crippen molar-refractivity contribution in [1.82, 2.24) is 4.98 Å². The monoisotopic (exact) mass is 288 g/mol. The lowest BCUT2D eigenvalue weighted by Gasteiger charge is -2.10. The highest BCUT2D eigenvalue weighted by atomic mass is 79.9. The van der Waals surface area contributed by atoms with Crippen LogP contribution >= 0.6 is 15.9 Å². The topological polar surface area (TPSA) is 85.4 Å². The van der Waals surface area contributed by atoms with Crippen molar-refractivity contribution in [2.45, 2.75) is 19.4 Å². The quantitative estimate of drug-likeness (QED) is 0.807. The number of esters is 1. The molecule has 0 aliphatic heterocycles. The molecule has 88 valence electrons. The Morgan fingerprint density at radius 3 is 3.00 bits per heavy atom. The molecule has 0 amide bonds. The average Bonchev–Trinajstić information content (AvgIpc) is 2.24. The number of hydrogen-bond acceptors (Lipinski definition) is 5. The van der Waals surface area contributed by atoms with Crippen molar-refractivity contribution in [2.24, 2.45) is 5.73 Å². The van der Waals surface area contributed by atoms with Gasteiger partial charge < -0.3 is 15.6 Å². The minimum Gasteiger partial charge on any atom is -0.505 e. The first-order valence-electron chi connectivity index (χ1n) is 4.80. The van der Waals surface area contributed by atoms with E-state index in [9.17, 15) is 9.90 Å². The van der Waals surface area contributed by atoms with Crippen LogP contribution in [0.25, 0.3) is 0 Å². The summed E-state index contributed by atoms with van der Waals surface area (Å²) in [5.41, 5.74) is 6.25. The number of carbonyl (C=O) groups excluding carboxylic acids is 1. The molecular formula is C10H13BrN2O3. The summed E-state index contributed by atoms with van der Waals surface area (Å²) in [5, 5.41) is 9.24. The maximum absolute atomic E-state index is 11.3. The SMILES string of the molecule is CCOC(=O)C(N)Cc1cc(Br)c(O)cn1. The van der Waals surface area contributed by atoms with Gasteiger partial charge in [-0.1, -0.05) is 0 Å². The molecule has 0 aromatic carbocycles. The highest BCUT2D eigenvalue weighted by Gasteiger charge is 2.16. The molecule has 1 rings (SSSR count). The molecule has 6 heteroatoms. The van der Waals surface area contributed by atoms with Crippen LogP contribution in [0.4, 0.5) is 0 Å². The Labute approximate surface area is 102 Å². The Bertz CT molecular complexity index is 384. The van der Waals surface area contributed by atoms with Gasteiger partial charge in [0.05, 0.1) is 17.3 Å². The van der Waals surface area contributed by atoms with Crippen LogP contribution in [0.1, 0.15) is 12.6 Å². The molecule has 0 aliphatic carbocycles. The summed E-state index contributed by atoms with van der Waals surface area (Å²) in [5.74, 6) is -0.401. The third kappa shape index (κ3) is 3.46. The zero-order valence-electron chi connectivity index (χ0n) is 8.81. The Balaban J connectivity index is 2.66.